The van der Waals surface area contributed by atoms with E-state index in [1.807, 2.05) is 38.1 Å². The molecule has 2 saturated heterocycles. The minimum Gasteiger partial charge on any atom is -0.376 e. The molecular formula is C21H31N3O3. The van der Waals surface area contributed by atoms with Crippen LogP contribution in [0.25, 0.3) is 0 Å². The topological polar surface area (TPSA) is 70.7 Å². The van der Waals surface area contributed by atoms with Crippen LogP contribution >= 0.6 is 0 Å². The average molecular weight is 373 g/mol. The lowest BCUT2D eigenvalue weighted by Gasteiger charge is -2.35. The van der Waals surface area contributed by atoms with Crippen molar-refractivity contribution in [2.24, 2.45) is 5.92 Å². The first kappa shape index (κ1) is 19.7. The van der Waals surface area contributed by atoms with Gasteiger partial charge in [-0.3, -0.25) is 9.59 Å². The molecule has 2 N–H and O–H groups in total. The number of hydrogen-bond acceptors (Lipinski definition) is 4. The fourth-order valence-corrected chi connectivity index (χ4v) is 3.68. The average Bonchev–Trinajstić information content (AvgIpc) is 3.20. The Morgan fingerprint density at radius 3 is 2.59 bits per heavy atom. The molecule has 1 aromatic rings. The first-order chi connectivity index (χ1) is 13.0. The molecule has 0 spiro atoms. The van der Waals surface area contributed by atoms with Crippen molar-refractivity contribution in [3.8, 4) is 0 Å². The smallest absolute Gasteiger partial charge is 0.253 e. The number of para-hydroxylation sites is 1. The Morgan fingerprint density at radius 2 is 1.93 bits per heavy atom. The molecule has 1 aromatic carbocycles. The number of ether oxygens (including phenoxy) is 1. The summed E-state index contributed by atoms with van der Waals surface area (Å²) in [5, 5.41) is 6.14. The highest BCUT2D eigenvalue weighted by molar-refractivity contribution is 5.99. The van der Waals surface area contributed by atoms with Gasteiger partial charge in [0.05, 0.1) is 11.7 Å². The maximum Gasteiger partial charge on any atom is 0.253 e. The van der Waals surface area contributed by atoms with Crippen LogP contribution < -0.4 is 15.5 Å². The van der Waals surface area contributed by atoms with Gasteiger partial charge in [0.1, 0.15) is 0 Å². The minimum absolute atomic E-state index is 0.0105. The van der Waals surface area contributed by atoms with Crippen molar-refractivity contribution in [2.45, 2.75) is 51.7 Å². The van der Waals surface area contributed by atoms with Crippen molar-refractivity contribution in [3.05, 3.63) is 29.8 Å². The zero-order chi connectivity index (χ0) is 19.2. The minimum atomic E-state index is -0.0451. The molecule has 3 rings (SSSR count). The van der Waals surface area contributed by atoms with E-state index >= 15 is 0 Å². The summed E-state index contributed by atoms with van der Waals surface area (Å²) in [7, 11) is 0. The van der Waals surface area contributed by atoms with E-state index in [2.05, 4.69) is 15.5 Å². The number of carbonyl (C=O) groups excluding carboxylic acids is 2. The van der Waals surface area contributed by atoms with E-state index in [9.17, 15) is 9.59 Å². The van der Waals surface area contributed by atoms with Gasteiger partial charge in [0.25, 0.3) is 5.91 Å². The van der Waals surface area contributed by atoms with E-state index in [4.69, 9.17) is 4.74 Å². The van der Waals surface area contributed by atoms with E-state index in [1.54, 1.807) is 0 Å². The number of nitrogens with one attached hydrogen (secondary N) is 2. The van der Waals surface area contributed by atoms with Crippen LogP contribution in [0.5, 0.6) is 0 Å². The van der Waals surface area contributed by atoms with Crippen molar-refractivity contribution in [1.82, 2.24) is 10.6 Å². The van der Waals surface area contributed by atoms with Gasteiger partial charge >= 0.3 is 0 Å². The molecule has 2 heterocycles. The largest absolute Gasteiger partial charge is 0.376 e. The van der Waals surface area contributed by atoms with Crippen LogP contribution in [-0.2, 0) is 9.53 Å². The molecule has 2 fully saturated rings. The molecule has 0 bridgehead atoms. The molecule has 0 unspecified atom stereocenters. The maximum absolute atomic E-state index is 12.7. The second-order valence-corrected chi connectivity index (χ2v) is 7.79. The summed E-state index contributed by atoms with van der Waals surface area (Å²) >= 11 is 0. The molecule has 2 aliphatic rings. The highest BCUT2D eigenvalue weighted by atomic mass is 16.5. The lowest BCUT2D eigenvalue weighted by atomic mass is 10.0. The van der Waals surface area contributed by atoms with Crippen molar-refractivity contribution in [1.29, 1.82) is 0 Å². The number of rotatable bonds is 6. The Hall–Kier alpha value is -2.08. The fraction of sp³-hybridized carbons (Fsp3) is 0.619. The first-order valence-corrected chi connectivity index (χ1v) is 10.1. The maximum atomic E-state index is 12.7. The molecule has 0 aromatic heterocycles. The Bertz CT molecular complexity index is 648. The lowest BCUT2D eigenvalue weighted by molar-refractivity contribution is -0.124. The van der Waals surface area contributed by atoms with Gasteiger partial charge in [-0.15, -0.1) is 0 Å². The van der Waals surface area contributed by atoms with Crippen molar-refractivity contribution < 1.29 is 14.3 Å². The quantitative estimate of drug-likeness (QED) is 0.803. The Labute approximate surface area is 161 Å². The molecule has 1 atom stereocenters. The third kappa shape index (κ3) is 5.22. The summed E-state index contributed by atoms with van der Waals surface area (Å²) in [5.41, 5.74) is 1.68. The van der Waals surface area contributed by atoms with E-state index in [-0.39, 0.29) is 29.9 Å². The van der Waals surface area contributed by atoms with Gasteiger partial charge < -0.3 is 20.3 Å². The fourth-order valence-electron chi connectivity index (χ4n) is 3.68. The summed E-state index contributed by atoms with van der Waals surface area (Å²) < 4.78 is 5.59. The first-order valence-electron chi connectivity index (χ1n) is 10.1. The van der Waals surface area contributed by atoms with Crippen LogP contribution in [0.2, 0.25) is 0 Å². The highest BCUT2D eigenvalue weighted by Crippen LogP contribution is 2.24. The molecule has 148 valence electrons. The standard InChI is InChI=1S/C21H31N3O3/c1-15(2)20(25)23-16-9-11-24(12-10-16)19-8-4-3-7-18(19)21(26)22-14-17-6-5-13-27-17/h3-4,7-8,15-17H,5-6,9-14H2,1-2H3,(H,22,26)(H,23,25)/t17-/m0/s1. The van der Waals surface area contributed by atoms with Gasteiger partial charge in [-0.25, -0.2) is 0 Å². The van der Waals surface area contributed by atoms with Crippen LogP contribution in [0.4, 0.5) is 5.69 Å². The van der Waals surface area contributed by atoms with Crippen LogP contribution in [-0.4, -0.2) is 50.2 Å². The van der Waals surface area contributed by atoms with Crippen molar-refractivity contribution in [2.75, 3.05) is 31.1 Å². The Balaban J connectivity index is 1.57. The molecule has 6 nitrogen and oxygen atoms in total. The molecule has 0 radical (unpaired) electrons. The second kappa shape index (κ2) is 9.22. The van der Waals surface area contributed by atoms with Gasteiger partial charge in [-0.2, -0.15) is 0 Å². The number of anilines is 1. The summed E-state index contributed by atoms with van der Waals surface area (Å²) in [6.45, 7) is 6.85. The van der Waals surface area contributed by atoms with Gasteiger partial charge in [0, 0.05) is 43.9 Å². The molecular weight excluding hydrogens is 342 g/mol. The Morgan fingerprint density at radius 1 is 1.19 bits per heavy atom. The molecule has 0 saturated carbocycles. The van der Waals surface area contributed by atoms with Crippen molar-refractivity contribution in [3.63, 3.8) is 0 Å². The van der Waals surface area contributed by atoms with Gasteiger partial charge in [0.15, 0.2) is 0 Å². The van der Waals surface area contributed by atoms with E-state index < -0.39 is 0 Å². The van der Waals surface area contributed by atoms with Crippen LogP contribution in [0.3, 0.4) is 0 Å². The number of nitrogens with zero attached hydrogens (tertiary/aromatic N) is 1. The normalized spacial score (nSPS) is 20.7. The number of hydrogen-bond donors (Lipinski definition) is 2. The van der Waals surface area contributed by atoms with E-state index in [1.165, 1.54) is 0 Å². The second-order valence-electron chi connectivity index (χ2n) is 7.79. The van der Waals surface area contributed by atoms with Crippen LogP contribution in [0.1, 0.15) is 49.9 Å². The van der Waals surface area contributed by atoms with Crippen LogP contribution in [0.15, 0.2) is 24.3 Å². The number of piperidine rings is 1. The van der Waals surface area contributed by atoms with Crippen LogP contribution in [0, 0.1) is 5.92 Å². The van der Waals surface area contributed by atoms with Gasteiger partial charge in [-0.05, 0) is 37.8 Å². The SMILES string of the molecule is CC(C)C(=O)NC1CCN(c2ccccc2C(=O)NC[C@@H]2CCCO2)CC1. The summed E-state index contributed by atoms with van der Waals surface area (Å²) in [4.78, 5) is 26.8. The zero-order valence-corrected chi connectivity index (χ0v) is 16.4. The van der Waals surface area contributed by atoms with Gasteiger partial charge in [-0.1, -0.05) is 26.0 Å². The van der Waals surface area contributed by atoms with E-state index in [0.717, 1.165) is 51.1 Å². The molecule has 6 heteroatoms. The molecule has 27 heavy (non-hydrogen) atoms. The predicted octanol–water partition coefficient (Wildman–Crippen LogP) is 2.34. The number of carbonyl (C=O) groups is 2. The summed E-state index contributed by atoms with van der Waals surface area (Å²) in [6.07, 6.45) is 4.01. The number of amides is 2. The molecule has 2 amide bonds. The third-order valence-electron chi connectivity index (χ3n) is 5.37. The number of benzene rings is 1. The third-order valence-corrected chi connectivity index (χ3v) is 5.37. The zero-order valence-electron chi connectivity index (χ0n) is 16.4. The van der Waals surface area contributed by atoms with Gasteiger partial charge in [0.2, 0.25) is 5.91 Å². The highest BCUT2D eigenvalue weighted by Gasteiger charge is 2.25. The summed E-state index contributed by atoms with van der Waals surface area (Å²) in [6, 6.07) is 7.98. The Kier molecular flexibility index (Phi) is 6.72. The summed E-state index contributed by atoms with van der Waals surface area (Å²) in [5.74, 6) is 0.0787. The van der Waals surface area contributed by atoms with E-state index in [0.29, 0.717) is 12.1 Å². The van der Waals surface area contributed by atoms with Crippen molar-refractivity contribution >= 4 is 17.5 Å². The predicted molar refractivity (Wildman–Crippen MR) is 106 cm³/mol. The molecule has 0 aliphatic carbocycles. The molecule has 2 aliphatic heterocycles. The lowest BCUT2D eigenvalue weighted by Crippen LogP contribution is -2.46. The monoisotopic (exact) mass is 373 g/mol.